The Labute approximate surface area is 133 Å². The molecule has 0 aromatic heterocycles. The summed E-state index contributed by atoms with van der Waals surface area (Å²) in [6.07, 6.45) is 0. The van der Waals surface area contributed by atoms with E-state index in [9.17, 15) is 9.59 Å². The normalized spacial score (nSPS) is 10.7. The average molecular weight is 357 g/mol. The number of carbonyl (C=O) groups is 2. The highest BCUT2D eigenvalue weighted by molar-refractivity contribution is 9.10. The predicted octanol–water partition coefficient (Wildman–Crippen LogP) is 0.724. The third-order valence-electron chi connectivity index (χ3n) is 2.76. The highest BCUT2D eigenvalue weighted by Crippen LogP contribution is 2.27. The third kappa shape index (κ3) is 6.14. The molecular weight excluding hydrogens is 336 g/mol. The predicted molar refractivity (Wildman–Crippen MR) is 86.7 cm³/mol. The van der Waals surface area contributed by atoms with Gasteiger partial charge in [-0.3, -0.25) is 9.59 Å². The maximum atomic E-state index is 11.1. The lowest BCUT2D eigenvalue weighted by molar-refractivity contribution is -0.117. The largest absolute Gasteiger partial charge is 0.368 e. The summed E-state index contributed by atoms with van der Waals surface area (Å²) in [5.74, 6) is -1.04. The van der Waals surface area contributed by atoms with Crippen LogP contribution in [0.3, 0.4) is 0 Å². The Morgan fingerprint density at radius 1 is 1.24 bits per heavy atom. The second-order valence-corrected chi connectivity index (χ2v) is 5.96. The van der Waals surface area contributed by atoms with Gasteiger partial charge in [0.05, 0.1) is 18.8 Å². The van der Waals surface area contributed by atoms with Crippen molar-refractivity contribution in [2.75, 3.05) is 18.0 Å². The number of nitrogens with two attached hydrogens (primary N) is 2. The zero-order chi connectivity index (χ0) is 16.0. The Balaban J connectivity index is 2.93. The van der Waals surface area contributed by atoms with Gasteiger partial charge in [-0.1, -0.05) is 19.9 Å². The number of hydrogen-bond donors (Lipinski definition) is 3. The molecule has 0 heterocycles. The third-order valence-corrected chi connectivity index (χ3v) is 3.40. The van der Waals surface area contributed by atoms with Gasteiger partial charge >= 0.3 is 0 Å². The first kappa shape index (κ1) is 17.5. The molecule has 0 aliphatic heterocycles. The van der Waals surface area contributed by atoms with E-state index >= 15 is 0 Å². The summed E-state index contributed by atoms with van der Waals surface area (Å²) in [7, 11) is 0. The van der Waals surface area contributed by atoms with E-state index in [-0.39, 0.29) is 13.1 Å². The molecule has 0 aliphatic carbocycles. The summed E-state index contributed by atoms with van der Waals surface area (Å²) in [5, 5.41) is 3.32. The first-order valence-corrected chi connectivity index (χ1v) is 7.42. The van der Waals surface area contributed by atoms with E-state index in [4.69, 9.17) is 11.5 Å². The molecule has 0 spiro atoms. The van der Waals surface area contributed by atoms with E-state index < -0.39 is 11.8 Å². The van der Waals surface area contributed by atoms with Crippen LogP contribution in [-0.4, -0.2) is 30.9 Å². The fraction of sp³-hybridized carbons (Fsp3) is 0.429. The summed E-state index contributed by atoms with van der Waals surface area (Å²) in [6.45, 7) is 4.76. The number of hydrogen-bond acceptors (Lipinski definition) is 4. The maximum absolute atomic E-state index is 11.1. The van der Waals surface area contributed by atoms with Crippen molar-refractivity contribution < 1.29 is 9.59 Å². The Morgan fingerprint density at radius 3 is 2.24 bits per heavy atom. The van der Waals surface area contributed by atoms with Crippen LogP contribution in [0, 0.1) is 0 Å². The molecule has 0 saturated carbocycles. The SMILES string of the molecule is CC(C)NCc1ccc(N(CC(N)=O)CC(N)=O)c(Br)c1. The molecule has 0 fully saturated rings. The molecular formula is C14H21BrN4O2. The number of amides is 2. The van der Waals surface area contributed by atoms with Crippen molar-refractivity contribution in [1.29, 1.82) is 0 Å². The molecule has 0 radical (unpaired) electrons. The number of benzene rings is 1. The van der Waals surface area contributed by atoms with Crippen LogP contribution >= 0.6 is 15.9 Å². The van der Waals surface area contributed by atoms with Crippen molar-refractivity contribution in [3.63, 3.8) is 0 Å². The minimum absolute atomic E-state index is 0.0644. The van der Waals surface area contributed by atoms with Crippen LogP contribution in [0.2, 0.25) is 0 Å². The Bertz CT molecular complexity index is 504. The minimum atomic E-state index is -0.520. The standard InChI is InChI=1S/C14H21BrN4O2/c1-9(2)18-6-10-3-4-12(11(15)5-10)19(7-13(16)20)8-14(17)21/h3-5,9,18H,6-8H2,1-2H3,(H2,16,20)(H2,17,21). The number of carbonyl (C=O) groups excluding carboxylic acids is 2. The molecule has 0 unspecified atom stereocenters. The fourth-order valence-corrected chi connectivity index (χ4v) is 2.52. The fourth-order valence-electron chi connectivity index (χ4n) is 1.84. The van der Waals surface area contributed by atoms with Crippen LogP contribution in [0.1, 0.15) is 19.4 Å². The van der Waals surface area contributed by atoms with E-state index in [1.54, 1.807) is 4.90 Å². The van der Waals surface area contributed by atoms with Gasteiger partial charge in [-0.05, 0) is 33.6 Å². The molecule has 7 heteroatoms. The molecule has 1 aromatic rings. The molecule has 0 atom stereocenters. The van der Waals surface area contributed by atoms with Gasteiger partial charge < -0.3 is 21.7 Å². The highest BCUT2D eigenvalue weighted by atomic mass is 79.9. The highest BCUT2D eigenvalue weighted by Gasteiger charge is 2.15. The van der Waals surface area contributed by atoms with Crippen molar-refractivity contribution in [2.45, 2.75) is 26.4 Å². The van der Waals surface area contributed by atoms with Gasteiger partial charge in [-0.2, -0.15) is 0 Å². The van der Waals surface area contributed by atoms with Crippen LogP contribution in [0.5, 0.6) is 0 Å². The number of halogens is 1. The molecule has 1 aromatic carbocycles. The molecule has 21 heavy (non-hydrogen) atoms. The van der Waals surface area contributed by atoms with Gasteiger partial charge in [0.2, 0.25) is 11.8 Å². The van der Waals surface area contributed by atoms with Crippen molar-refractivity contribution in [3.05, 3.63) is 28.2 Å². The number of rotatable bonds is 8. The lowest BCUT2D eigenvalue weighted by Gasteiger charge is -2.23. The first-order chi connectivity index (χ1) is 9.79. The summed E-state index contributed by atoms with van der Waals surface area (Å²) in [4.78, 5) is 23.8. The van der Waals surface area contributed by atoms with E-state index in [0.29, 0.717) is 11.7 Å². The van der Waals surface area contributed by atoms with Gasteiger partial charge in [0.15, 0.2) is 0 Å². The lowest BCUT2D eigenvalue weighted by atomic mass is 10.2. The Kier molecular flexibility index (Phi) is 6.64. The minimum Gasteiger partial charge on any atom is -0.368 e. The maximum Gasteiger partial charge on any atom is 0.236 e. The summed E-state index contributed by atoms with van der Waals surface area (Å²) < 4.78 is 0.785. The second kappa shape index (κ2) is 7.99. The Hall–Kier alpha value is -1.60. The molecule has 5 N–H and O–H groups in total. The van der Waals surface area contributed by atoms with E-state index in [2.05, 4.69) is 35.1 Å². The van der Waals surface area contributed by atoms with Crippen molar-refractivity contribution in [3.8, 4) is 0 Å². The molecule has 1 rings (SSSR count). The smallest absolute Gasteiger partial charge is 0.236 e. The van der Waals surface area contributed by atoms with Crippen LogP contribution < -0.4 is 21.7 Å². The van der Waals surface area contributed by atoms with Gasteiger partial charge in [0.25, 0.3) is 0 Å². The van der Waals surface area contributed by atoms with E-state index in [0.717, 1.165) is 16.6 Å². The number of primary amides is 2. The van der Waals surface area contributed by atoms with Crippen molar-refractivity contribution in [1.82, 2.24) is 5.32 Å². The van der Waals surface area contributed by atoms with Gasteiger partial charge in [-0.25, -0.2) is 0 Å². The number of nitrogens with zero attached hydrogens (tertiary/aromatic N) is 1. The molecule has 0 aliphatic rings. The lowest BCUT2D eigenvalue weighted by Crippen LogP contribution is -2.39. The van der Waals surface area contributed by atoms with Crippen LogP contribution in [0.25, 0.3) is 0 Å². The van der Waals surface area contributed by atoms with Gasteiger partial charge in [0, 0.05) is 17.1 Å². The number of anilines is 1. The number of nitrogens with one attached hydrogen (secondary N) is 1. The molecule has 6 nitrogen and oxygen atoms in total. The Morgan fingerprint density at radius 2 is 1.81 bits per heavy atom. The van der Waals surface area contributed by atoms with E-state index in [1.165, 1.54) is 0 Å². The first-order valence-electron chi connectivity index (χ1n) is 6.63. The molecule has 2 amide bonds. The monoisotopic (exact) mass is 356 g/mol. The van der Waals surface area contributed by atoms with Gasteiger partial charge in [-0.15, -0.1) is 0 Å². The van der Waals surface area contributed by atoms with Crippen LogP contribution in [0.4, 0.5) is 5.69 Å². The van der Waals surface area contributed by atoms with Gasteiger partial charge in [0.1, 0.15) is 0 Å². The summed E-state index contributed by atoms with van der Waals surface area (Å²) in [5.41, 5.74) is 12.2. The van der Waals surface area contributed by atoms with E-state index in [1.807, 2.05) is 18.2 Å². The second-order valence-electron chi connectivity index (χ2n) is 5.11. The van der Waals surface area contributed by atoms with Crippen molar-refractivity contribution >= 4 is 33.4 Å². The van der Waals surface area contributed by atoms with Crippen LogP contribution in [-0.2, 0) is 16.1 Å². The molecule has 0 bridgehead atoms. The summed E-state index contributed by atoms with van der Waals surface area (Å²) >= 11 is 3.46. The molecule has 0 saturated heterocycles. The zero-order valence-electron chi connectivity index (χ0n) is 12.2. The summed E-state index contributed by atoms with van der Waals surface area (Å²) in [6, 6.07) is 6.11. The van der Waals surface area contributed by atoms with Crippen molar-refractivity contribution in [2.24, 2.45) is 11.5 Å². The molecule has 116 valence electrons. The topological polar surface area (TPSA) is 101 Å². The quantitative estimate of drug-likeness (QED) is 0.638. The zero-order valence-corrected chi connectivity index (χ0v) is 13.8. The average Bonchev–Trinajstić information content (AvgIpc) is 2.34. The van der Waals surface area contributed by atoms with Crippen LogP contribution in [0.15, 0.2) is 22.7 Å².